The monoisotopic (exact) mass is 303 g/mol. The summed E-state index contributed by atoms with van der Waals surface area (Å²) < 4.78 is 31.0. The molecule has 1 amide bonds. The lowest BCUT2D eigenvalue weighted by atomic mass is 10.0. The van der Waals surface area contributed by atoms with Gasteiger partial charge in [0.05, 0.1) is 6.04 Å². The summed E-state index contributed by atoms with van der Waals surface area (Å²) >= 11 is 0. The Morgan fingerprint density at radius 2 is 1.95 bits per heavy atom. The third kappa shape index (κ3) is 4.27. The molecule has 0 bridgehead atoms. The van der Waals surface area contributed by atoms with Gasteiger partial charge in [0.1, 0.15) is 5.60 Å². The van der Waals surface area contributed by atoms with Gasteiger partial charge in [-0.25, -0.2) is 9.59 Å². The predicted octanol–water partition coefficient (Wildman–Crippen LogP) is 3.23. The van der Waals surface area contributed by atoms with Gasteiger partial charge in [-0.05, 0) is 32.8 Å². The van der Waals surface area contributed by atoms with E-state index in [0.29, 0.717) is 0 Å². The van der Waals surface area contributed by atoms with Crippen LogP contribution in [0.15, 0.2) is 22.8 Å². The van der Waals surface area contributed by atoms with Crippen molar-refractivity contribution in [2.75, 3.05) is 0 Å². The van der Waals surface area contributed by atoms with Crippen LogP contribution in [0.4, 0.5) is 13.6 Å². The van der Waals surface area contributed by atoms with E-state index >= 15 is 0 Å². The van der Waals surface area contributed by atoms with Crippen LogP contribution in [0, 0.1) is 0 Å². The first-order chi connectivity index (χ1) is 9.56. The molecule has 0 saturated carbocycles. The summed E-state index contributed by atoms with van der Waals surface area (Å²) in [6.07, 6.45) is -2.96. The molecule has 1 aliphatic carbocycles. The standard InChI is InChI=1S/C14H19F2NO4/c1-5-7-8(12(18)19)6-9(11(15)16)10(7)17-13(20)21-14(2,3)4/h10H,5-6H2,1-4H3,(H,17,20)(H,18,19). The maximum atomic E-state index is 13.0. The number of carboxylic acids is 1. The van der Waals surface area contributed by atoms with Crippen molar-refractivity contribution in [2.45, 2.75) is 52.2 Å². The van der Waals surface area contributed by atoms with E-state index in [9.17, 15) is 18.4 Å². The fraction of sp³-hybridized carbons (Fsp3) is 0.571. The summed E-state index contributed by atoms with van der Waals surface area (Å²) in [4.78, 5) is 22.9. The zero-order valence-electron chi connectivity index (χ0n) is 12.4. The first-order valence-electron chi connectivity index (χ1n) is 6.55. The third-order valence-electron chi connectivity index (χ3n) is 2.99. The van der Waals surface area contributed by atoms with Crippen LogP contribution in [0.2, 0.25) is 0 Å². The van der Waals surface area contributed by atoms with Gasteiger partial charge in [0.25, 0.3) is 6.08 Å². The summed E-state index contributed by atoms with van der Waals surface area (Å²) in [5.41, 5.74) is -0.986. The van der Waals surface area contributed by atoms with E-state index < -0.39 is 35.4 Å². The maximum Gasteiger partial charge on any atom is 0.408 e. The number of hydrogen-bond donors (Lipinski definition) is 2. The number of alkyl carbamates (subject to hydrolysis) is 1. The lowest BCUT2D eigenvalue weighted by Gasteiger charge is -2.23. The Morgan fingerprint density at radius 3 is 2.33 bits per heavy atom. The highest BCUT2D eigenvalue weighted by molar-refractivity contribution is 5.90. The number of hydrogen-bond acceptors (Lipinski definition) is 3. The van der Waals surface area contributed by atoms with Crippen molar-refractivity contribution in [1.29, 1.82) is 0 Å². The second kappa shape index (κ2) is 6.24. The largest absolute Gasteiger partial charge is 0.478 e. The molecule has 1 aliphatic rings. The summed E-state index contributed by atoms with van der Waals surface area (Å²) in [5, 5.41) is 11.4. The van der Waals surface area contributed by atoms with Crippen LogP contribution in [0.25, 0.3) is 0 Å². The molecular weight excluding hydrogens is 284 g/mol. The van der Waals surface area contributed by atoms with Crippen molar-refractivity contribution < 1.29 is 28.2 Å². The van der Waals surface area contributed by atoms with Crippen molar-refractivity contribution in [2.24, 2.45) is 0 Å². The Bertz CT molecular complexity index is 514. The minimum atomic E-state index is -1.97. The summed E-state index contributed by atoms with van der Waals surface area (Å²) in [7, 11) is 0. The molecule has 118 valence electrons. The van der Waals surface area contributed by atoms with Gasteiger partial charge in [0.2, 0.25) is 0 Å². The van der Waals surface area contributed by atoms with Crippen LogP contribution in [-0.4, -0.2) is 28.8 Å². The molecule has 5 nitrogen and oxygen atoms in total. The number of aliphatic carboxylic acids is 1. The SMILES string of the molecule is CCC1=C(C(=O)O)CC(=C(F)F)C1NC(=O)OC(C)(C)C. The zero-order valence-corrected chi connectivity index (χ0v) is 12.4. The minimum absolute atomic E-state index is 0.0960. The number of amides is 1. The molecule has 0 radical (unpaired) electrons. The van der Waals surface area contributed by atoms with Gasteiger partial charge in [0, 0.05) is 17.6 Å². The van der Waals surface area contributed by atoms with E-state index in [1.54, 1.807) is 27.7 Å². The van der Waals surface area contributed by atoms with Gasteiger partial charge in [-0.15, -0.1) is 0 Å². The Hall–Kier alpha value is -1.92. The number of carbonyl (C=O) groups excluding carboxylic acids is 1. The van der Waals surface area contributed by atoms with E-state index in [2.05, 4.69) is 5.32 Å². The Kier molecular flexibility index (Phi) is 5.09. The molecule has 1 unspecified atom stereocenters. The smallest absolute Gasteiger partial charge is 0.408 e. The lowest BCUT2D eigenvalue weighted by Crippen LogP contribution is -2.40. The van der Waals surface area contributed by atoms with Crippen LogP contribution in [0.3, 0.4) is 0 Å². The van der Waals surface area contributed by atoms with Crippen molar-refractivity contribution in [3.63, 3.8) is 0 Å². The van der Waals surface area contributed by atoms with Gasteiger partial charge in [-0.1, -0.05) is 6.92 Å². The number of carboxylic acid groups (broad SMARTS) is 1. The van der Waals surface area contributed by atoms with Crippen molar-refractivity contribution in [1.82, 2.24) is 5.32 Å². The van der Waals surface area contributed by atoms with Gasteiger partial charge >= 0.3 is 12.1 Å². The highest BCUT2D eigenvalue weighted by Crippen LogP contribution is 2.36. The number of halogens is 2. The molecule has 1 atom stereocenters. The summed E-state index contributed by atoms with van der Waals surface area (Å²) in [6.45, 7) is 6.59. The topological polar surface area (TPSA) is 75.6 Å². The molecule has 2 N–H and O–H groups in total. The lowest BCUT2D eigenvalue weighted by molar-refractivity contribution is -0.132. The molecule has 21 heavy (non-hydrogen) atoms. The average molecular weight is 303 g/mol. The van der Waals surface area contributed by atoms with Crippen LogP contribution in [-0.2, 0) is 9.53 Å². The Morgan fingerprint density at radius 1 is 1.38 bits per heavy atom. The first-order valence-corrected chi connectivity index (χ1v) is 6.55. The Balaban J connectivity index is 3.07. The molecule has 0 aromatic rings. The molecule has 0 aliphatic heterocycles. The first kappa shape index (κ1) is 17.1. The minimum Gasteiger partial charge on any atom is -0.478 e. The maximum absolute atomic E-state index is 13.0. The molecule has 0 fully saturated rings. The van der Waals surface area contributed by atoms with Gasteiger partial charge in [-0.2, -0.15) is 8.78 Å². The number of ether oxygens (including phenoxy) is 1. The van der Waals surface area contributed by atoms with Gasteiger partial charge < -0.3 is 15.2 Å². The van der Waals surface area contributed by atoms with Crippen LogP contribution in [0.1, 0.15) is 40.5 Å². The zero-order chi connectivity index (χ0) is 16.4. The van der Waals surface area contributed by atoms with Crippen molar-refractivity contribution >= 4 is 12.1 Å². The van der Waals surface area contributed by atoms with E-state index in [0.717, 1.165) is 0 Å². The van der Waals surface area contributed by atoms with Crippen molar-refractivity contribution in [3.8, 4) is 0 Å². The quantitative estimate of drug-likeness (QED) is 0.839. The molecular formula is C14H19F2NO4. The Labute approximate surface area is 121 Å². The third-order valence-corrected chi connectivity index (χ3v) is 2.99. The molecule has 0 spiro atoms. The van der Waals surface area contributed by atoms with Gasteiger partial charge in [0.15, 0.2) is 0 Å². The molecule has 7 heteroatoms. The fourth-order valence-corrected chi connectivity index (χ4v) is 2.20. The van der Waals surface area contributed by atoms with Crippen LogP contribution >= 0.6 is 0 Å². The number of rotatable bonds is 3. The average Bonchev–Trinajstić information content (AvgIpc) is 2.64. The van der Waals surface area contributed by atoms with Gasteiger partial charge in [-0.3, -0.25) is 0 Å². The molecule has 0 aromatic heterocycles. The normalized spacial score (nSPS) is 18.8. The molecule has 1 rings (SSSR count). The fourth-order valence-electron chi connectivity index (χ4n) is 2.20. The van der Waals surface area contributed by atoms with E-state index in [-0.39, 0.29) is 24.0 Å². The number of nitrogens with one attached hydrogen (secondary N) is 1. The molecule has 0 heterocycles. The second-order valence-electron chi connectivity index (χ2n) is 5.70. The van der Waals surface area contributed by atoms with E-state index in [1.807, 2.05) is 0 Å². The van der Waals surface area contributed by atoms with E-state index in [1.165, 1.54) is 0 Å². The predicted molar refractivity (Wildman–Crippen MR) is 72.0 cm³/mol. The van der Waals surface area contributed by atoms with Crippen LogP contribution in [0.5, 0.6) is 0 Å². The van der Waals surface area contributed by atoms with Crippen molar-refractivity contribution in [3.05, 3.63) is 22.8 Å². The summed E-state index contributed by atoms with van der Waals surface area (Å²) in [6, 6.07) is -1.12. The van der Waals surface area contributed by atoms with E-state index in [4.69, 9.17) is 9.84 Å². The van der Waals surface area contributed by atoms with Crippen LogP contribution < -0.4 is 5.32 Å². The molecule has 0 aromatic carbocycles. The highest BCUT2D eigenvalue weighted by Gasteiger charge is 2.36. The number of carbonyl (C=O) groups is 2. The molecule has 0 saturated heterocycles. The summed E-state index contributed by atoms with van der Waals surface area (Å²) in [5.74, 6) is -1.25. The second-order valence-corrected chi connectivity index (χ2v) is 5.70. The highest BCUT2D eigenvalue weighted by atomic mass is 19.3.